The van der Waals surface area contributed by atoms with Gasteiger partial charge in [0.25, 0.3) is 5.91 Å². The van der Waals surface area contributed by atoms with Crippen molar-refractivity contribution in [3.63, 3.8) is 0 Å². The molecule has 0 fully saturated rings. The zero-order valence-corrected chi connectivity index (χ0v) is 13.2. The minimum Gasteiger partial charge on any atom is -0.286 e. The zero-order chi connectivity index (χ0) is 15.8. The van der Waals surface area contributed by atoms with Gasteiger partial charge in [-0.2, -0.15) is 17.5 Å². The summed E-state index contributed by atoms with van der Waals surface area (Å²) < 4.78 is 42.1. The number of amides is 1. The summed E-state index contributed by atoms with van der Waals surface area (Å²) in [4.78, 5) is 20.7. The van der Waals surface area contributed by atoms with Crippen LogP contribution < -0.4 is 4.90 Å². The highest BCUT2D eigenvalue weighted by atomic mass is 79.9. The third kappa shape index (κ3) is 3.38. The number of pyridine rings is 1. The van der Waals surface area contributed by atoms with Crippen LogP contribution in [0.1, 0.15) is 21.9 Å². The van der Waals surface area contributed by atoms with Crippen LogP contribution in [0.15, 0.2) is 16.7 Å². The minimum atomic E-state index is -4.62. The topological polar surface area (TPSA) is 59.0 Å². The lowest BCUT2D eigenvalue weighted by Gasteiger charge is -2.15. The van der Waals surface area contributed by atoms with Gasteiger partial charge < -0.3 is 0 Å². The fourth-order valence-corrected chi connectivity index (χ4v) is 2.47. The first kappa shape index (κ1) is 15.8. The van der Waals surface area contributed by atoms with Crippen LogP contribution in [0.25, 0.3) is 0 Å². The molecule has 0 radical (unpaired) electrons. The van der Waals surface area contributed by atoms with Crippen molar-refractivity contribution in [2.24, 2.45) is 0 Å². The maximum Gasteiger partial charge on any atom is 0.433 e. The minimum absolute atomic E-state index is 0.146. The summed E-state index contributed by atoms with van der Waals surface area (Å²) in [6, 6.07) is 0.705. The molecule has 112 valence electrons. The highest BCUT2D eigenvalue weighted by Crippen LogP contribution is 2.30. The van der Waals surface area contributed by atoms with E-state index in [2.05, 4.69) is 30.3 Å². The van der Waals surface area contributed by atoms with Crippen molar-refractivity contribution in [2.75, 3.05) is 11.9 Å². The van der Waals surface area contributed by atoms with Crippen molar-refractivity contribution in [1.82, 2.24) is 14.3 Å². The van der Waals surface area contributed by atoms with Crippen molar-refractivity contribution in [3.05, 3.63) is 33.8 Å². The molecule has 1 amide bonds. The summed E-state index contributed by atoms with van der Waals surface area (Å²) in [5, 5.41) is 0.301. The van der Waals surface area contributed by atoms with Crippen LogP contribution in [0.3, 0.4) is 0 Å². The molecule has 0 aromatic carbocycles. The Balaban J connectivity index is 2.39. The summed E-state index contributed by atoms with van der Waals surface area (Å²) in [5.74, 6) is -0.148. The maximum atomic E-state index is 12.7. The first-order chi connectivity index (χ1) is 9.70. The molecule has 0 spiro atoms. The number of anilines is 1. The first-order valence-electron chi connectivity index (χ1n) is 5.51. The number of nitrogens with zero attached hydrogens (tertiary/aromatic N) is 4. The number of rotatable bonds is 2. The molecule has 2 aromatic heterocycles. The molecular weight excluding hydrogens is 373 g/mol. The summed E-state index contributed by atoms with van der Waals surface area (Å²) >= 11 is 4.02. The van der Waals surface area contributed by atoms with E-state index in [-0.39, 0.29) is 10.0 Å². The molecule has 21 heavy (non-hydrogen) atoms. The van der Waals surface area contributed by atoms with Crippen LogP contribution in [0.5, 0.6) is 0 Å². The predicted octanol–water partition coefficient (Wildman–Crippen LogP) is 3.30. The lowest BCUT2D eigenvalue weighted by atomic mass is 10.2. The summed E-state index contributed by atoms with van der Waals surface area (Å²) in [6.45, 7) is 1.66. The normalized spacial score (nSPS) is 11.5. The van der Waals surface area contributed by atoms with E-state index < -0.39 is 17.8 Å². The molecule has 5 nitrogen and oxygen atoms in total. The maximum absolute atomic E-state index is 12.7. The van der Waals surface area contributed by atoms with Crippen molar-refractivity contribution in [2.45, 2.75) is 13.1 Å². The van der Waals surface area contributed by atoms with E-state index in [0.717, 1.165) is 22.6 Å². The first-order valence-corrected chi connectivity index (χ1v) is 7.08. The van der Waals surface area contributed by atoms with Gasteiger partial charge in [-0.3, -0.25) is 14.7 Å². The molecule has 0 N–H and O–H groups in total. The highest BCUT2D eigenvalue weighted by molar-refractivity contribution is 9.10. The molecule has 0 aliphatic rings. The molecule has 0 unspecified atom stereocenters. The predicted molar refractivity (Wildman–Crippen MR) is 74.3 cm³/mol. The van der Waals surface area contributed by atoms with E-state index in [4.69, 9.17) is 0 Å². The van der Waals surface area contributed by atoms with E-state index >= 15 is 0 Å². The van der Waals surface area contributed by atoms with Gasteiger partial charge in [-0.05, 0) is 28.9 Å². The van der Waals surface area contributed by atoms with E-state index in [1.54, 1.807) is 6.92 Å². The quantitative estimate of drug-likeness (QED) is 0.801. The molecule has 0 saturated carbocycles. The standard InChI is InChI=1S/C11H8BrF3N4OS/c1-5-17-10(21-18-5)19(2)9(20)6-3-8(11(13,14)15)16-4-7(6)12/h3-4H,1-2H3. The summed E-state index contributed by atoms with van der Waals surface area (Å²) in [6.07, 6.45) is -3.66. The average molecular weight is 381 g/mol. The lowest BCUT2D eigenvalue weighted by Crippen LogP contribution is -2.27. The molecule has 0 atom stereocenters. The van der Waals surface area contributed by atoms with Gasteiger partial charge in [0.1, 0.15) is 11.5 Å². The van der Waals surface area contributed by atoms with Crippen LogP contribution in [-0.2, 0) is 6.18 Å². The Bertz CT molecular complexity index is 688. The number of carbonyl (C=O) groups excluding carboxylic acids is 1. The number of halogens is 4. The lowest BCUT2D eigenvalue weighted by molar-refractivity contribution is -0.141. The Morgan fingerprint density at radius 1 is 1.43 bits per heavy atom. The third-order valence-electron chi connectivity index (χ3n) is 2.48. The van der Waals surface area contributed by atoms with Gasteiger partial charge in [0, 0.05) is 29.2 Å². The van der Waals surface area contributed by atoms with Gasteiger partial charge in [-0.15, -0.1) is 0 Å². The van der Waals surface area contributed by atoms with Crippen molar-refractivity contribution in [1.29, 1.82) is 0 Å². The number of hydrogen-bond donors (Lipinski definition) is 0. The van der Waals surface area contributed by atoms with Crippen molar-refractivity contribution >= 4 is 38.5 Å². The fraction of sp³-hybridized carbons (Fsp3) is 0.273. The molecular formula is C11H8BrF3N4OS. The zero-order valence-electron chi connectivity index (χ0n) is 10.8. The van der Waals surface area contributed by atoms with Gasteiger partial charge in [0.15, 0.2) is 0 Å². The summed E-state index contributed by atoms with van der Waals surface area (Å²) in [7, 11) is 1.42. The van der Waals surface area contributed by atoms with Gasteiger partial charge >= 0.3 is 6.18 Å². The Morgan fingerprint density at radius 2 is 2.10 bits per heavy atom. The Kier molecular flexibility index (Phi) is 4.28. The molecule has 0 aliphatic heterocycles. The summed E-state index contributed by atoms with van der Waals surface area (Å²) in [5.41, 5.74) is -1.27. The van der Waals surface area contributed by atoms with Gasteiger partial charge in [0.05, 0.1) is 5.56 Å². The second-order valence-electron chi connectivity index (χ2n) is 4.04. The number of hydrogen-bond acceptors (Lipinski definition) is 5. The van der Waals surface area contributed by atoms with Crippen LogP contribution in [0, 0.1) is 6.92 Å². The van der Waals surface area contributed by atoms with Crippen molar-refractivity contribution in [3.8, 4) is 0 Å². The van der Waals surface area contributed by atoms with E-state index in [1.807, 2.05) is 0 Å². The average Bonchev–Trinajstić information content (AvgIpc) is 2.83. The Morgan fingerprint density at radius 3 is 2.62 bits per heavy atom. The Hall–Kier alpha value is -1.55. The molecule has 10 heteroatoms. The molecule has 0 aliphatic carbocycles. The second-order valence-corrected chi connectivity index (χ2v) is 5.62. The number of alkyl halides is 3. The van der Waals surface area contributed by atoms with Crippen LogP contribution in [0.4, 0.5) is 18.3 Å². The molecule has 0 bridgehead atoms. The van der Waals surface area contributed by atoms with Crippen LogP contribution in [0.2, 0.25) is 0 Å². The molecule has 0 saturated heterocycles. The van der Waals surface area contributed by atoms with Crippen LogP contribution >= 0.6 is 27.5 Å². The molecule has 2 heterocycles. The smallest absolute Gasteiger partial charge is 0.286 e. The molecule has 2 rings (SSSR count). The van der Waals surface area contributed by atoms with E-state index in [0.29, 0.717) is 17.0 Å². The van der Waals surface area contributed by atoms with Gasteiger partial charge in [-0.25, -0.2) is 4.98 Å². The number of aryl methyl sites for hydroxylation is 1. The largest absolute Gasteiger partial charge is 0.433 e. The van der Waals surface area contributed by atoms with Gasteiger partial charge in [-0.1, -0.05) is 0 Å². The van der Waals surface area contributed by atoms with Gasteiger partial charge in [0.2, 0.25) is 5.13 Å². The fourth-order valence-electron chi connectivity index (χ4n) is 1.45. The highest BCUT2D eigenvalue weighted by Gasteiger charge is 2.34. The third-order valence-corrected chi connectivity index (χ3v) is 4.00. The monoisotopic (exact) mass is 380 g/mol. The van der Waals surface area contributed by atoms with Crippen LogP contribution in [-0.4, -0.2) is 27.3 Å². The van der Waals surface area contributed by atoms with E-state index in [1.165, 1.54) is 7.05 Å². The number of aromatic nitrogens is 3. The SMILES string of the molecule is Cc1nsc(N(C)C(=O)c2cc(C(F)(F)F)ncc2Br)n1. The van der Waals surface area contributed by atoms with E-state index in [9.17, 15) is 18.0 Å². The van der Waals surface area contributed by atoms with Crippen molar-refractivity contribution < 1.29 is 18.0 Å². The number of carbonyl (C=O) groups is 1. The second kappa shape index (κ2) is 5.68. The molecule has 2 aromatic rings. The Labute approximate surface area is 130 Å².